The summed E-state index contributed by atoms with van der Waals surface area (Å²) in [5.41, 5.74) is 3.58. The maximum Gasteiger partial charge on any atom is 0.274 e. The van der Waals surface area contributed by atoms with Gasteiger partial charge in [-0.15, -0.1) is 0 Å². The molecule has 2 rings (SSSR count). The number of hydroxylamine groups is 1. The van der Waals surface area contributed by atoms with Crippen molar-refractivity contribution in [1.29, 1.82) is 0 Å². The van der Waals surface area contributed by atoms with Crippen LogP contribution in [-0.2, 0) is 0 Å². The second-order valence-electron chi connectivity index (χ2n) is 6.02. The molecule has 0 fully saturated rings. The zero-order valence-electron chi connectivity index (χ0n) is 15.5. The Morgan fingerprint density at radius 2 is 1.89 bits per heavy atom. The van der Waals surface area contributed by atoms with Crippen molar-refractivity contribution >= 4 is 17.9 Å². The van der Waals surface area contributed by atoms with Crippen LogP contribution in [0.5, 0.6) is 5.75 Å². The molecule has 0 atom stereocenters. The van der Waals surface area contributed by atoms with Crippen molar-refractivity contribution in [2.45, 2.75) is 13.3 Å². The fourth-order valence-corrected chi connectivity index (χ4v) is 2.55. The fourth-order valence-electron chi connectivity index (χ4n) is 2.55. The summed E-state index contributed by atoms with van der Waals surface area (Å²) in [6, 6.07) is 14.0. The molecule has 0 bridgehead atoms. The Morgan fingerprint density at radius 1 is 1.15 bits per heavy atom. The van der Waals surface area contributed by atoms with E-state index in [-0.39, 0.29) is 5.91 Å². The number of hydrogen-bond acceptors (Lipinski definition) is 4. The van der Waals surface area contributed by atoms with Crippen LogP contribution in [0.15, 0.2) is 54.6 Å². The first-order chi connectivity index (χ1) is 13.0. The van der Waals surface area contributed by atoms with Gasteiger partial charge in [-0.3, -0.25) is 14.8 Å². The SMILES string of the molecule is C/C=C/c1cccc(C(=O)N(C)CCCOc2ccc(C(=O)NO)cc2)c1. The second-order valence-corrected chi connectivity index (χ2v) is 6.02. The van der Waals surface area contributed by atoms with E-state index in [1.165, 1.54) is 0 Å². The molecule has 0 aliphatic rings. The average molecular weight is 368 g/mol. The van der Waals surface area contributed by atoms with E-state index in [0.29, 0.717) is 36.4 Å². The zero-order valence-corrected chi connectivity index (χ0v) is 15.5. The summed E-state index contributed by atoms with van der Waals surface area (Å²) in [5.74, 6) is 0.0263. The van der Waals surface area contributed by atoms with E-state index >= 15 is 0 Å². The summed E-state index contributed by atoms with van der Waals surface area (Å²) >= 11 is 0. The van der Waals surface area contributed by atoms with Gasteiger partial charge in [-0.05, 0) is 55.3 Å². The number of carbonyl (C=O) groups excluding carboxylic acids is 2. The summed E-state index contributed by atoms with van der Waals surface area (Å²) < 4.78 is 5.62. The molecule has 2 amide bonds. The Morgan fingerprint density at radius 3 is 2.56 bits per heavy atom. The van der Waals surface area contributed by atoms with Crippen molar-refractivity contribution in [2.24, 2.45) is 0 Å². The Balaban J connectivity index is 1.80. The van der Waals surface area contributed by atoms with Crippen LogP contribution in [0.25, 0.3) is 6.08 Å². The highest BCUT2D eigenvalue weighted by molar-refractivity contribution is 5.94. The minimum atomic E-state index is -0.569. The summed E-state index contributed by atoms with van der Waals surface area (Å²) in [5, 5.41) is 8.59. The first kappa shape index (κ1) is 20.2. The molecule has 6 heteroatoms. The van der Waals surface area contributed by atoms with Gasteiger partial charge in [-0.25, -0.2) is 5.48 Å². The van der Waals surface area contributed by atoms with Crippen LogP contribution in [0.2, 0.25) is 0 Å². The molecule has 0 saturated carbocycles. The predicted octanol–water partition coefficient (Wildman–Crippen LogP) is 3.38. The highest BCUT2D eigenvalue weighted by Crippen LogP contribution is 2.13. The Hall–Kier alpha value is -3.12. The van der Waals surface area contributed by atoms with Crippen LogP contribution < -0.4 is 10.2 Å². The summed E-state index contributed by atoms with van der Waals surface area (Å²) in [4.78, 5) is 25.4. The third-order valence-corrected chi connectivity index (χ3v) is 3.96. The van der Waals surface area contributed by atoms with Crippen LogP contribution >= 0.6 is 0 Å². The summed E-state index contributed by atoms with van der Waals surface area (Å²) in [6.07, 6.45) is 4.57. The molecule has 0 aliphatic carbocycles. The van der Waals surface area contributed by atoms with Gasteiger partial charge in [0.15, 0.2) is 0 Å². The van der Waals surface area contributed by atoms with Crippen LogP contribution in [0.1, 0.15) is 39.6 Å². The van der Waals surface area contributed by atoms with E-state index in [4.69, 9.17) is 9.94 Å². The average Bonchev–Trinajstić information content (AvgIpc) is 2.70. The van der Waals surface area contributed by atoms with E-state index in [9.17, 15) is 9.59 Å². The monoisotopic (exact) mass is 368 g/mol. The molecule has 2 N–H and O–H groups in total. The number of hydrogen-bond donors (Lipinski definition) is 2. The summed E-state index contributed by atoms with van der Waals surface area (Å²) in [7, 11) is 1.77. The highest BCUT2D eigenvalue weighted by atomic mass is 16.5. The van der Waals surface area contributed by atoms with Gasteiger partial charge in [0.1, 0.15) is 5.75 Å². The molecule has 0 heterocycles. The van der Waals surface area contributed by atoms with Crippen molar-refractivity contribution in [3.63, 3.8) is 0 Å². The molecule has 2 aromatic carbocycles. The van der Waals surface area contributed by atoms with Gasteiger partial charge in [0.2, 0.25) is 0 Å². The first-order valence-electron chi connectivity index (χ1n) is 8.70. The standard InChI is InChI=1S/C21H24N2O4/c1-3-6-16-7-4-8-18(15-16)21(25)23(2)13-5-14-27-19-11-9-17(10-12-19)20(24)22-26/h3-4,6-12,15,26H,5,13-14H2,1-2H3,(H,22,24)/b6-3+. The molecule has 0 aliphatic heterocycles. The van der Waals surface area contributed by atoms with Crippen LogP contribution in [-0.4, -0.2) is 42.1 Å². The quantitative estimate of drug-likeness (QED) is 0.425. The number of rotatable bonds is 8. The van der Waals surface area contributed by atoms with Gasteiger partial charge < -0.3 is 9.64 Å². The molecule has 0 saturated heterocycles. The van der Waals surface area contributed by atoms with Gasteiger partial charge in [-0.2, -0.15) is 0 Å². The smallest absolute Gasteiger partial charge is 0.274 e. The summed E-state index contributed by atoms with van der Waals surface area (Å²) in [6.45, 7) is 2.95. The van der Waals surface area contributed by atoms with Gasteiger partial charge in [0.05, 0.1) is 6.61 Å². The van der Waals surface area contributed by atoms with Crippen molar-refractivity contribution in [3.05, 3.63) is 71.3 Å². The molecule has 142 valence electrons. The van der Waals surface area contributed by atoms with E-state index in [0.717, 1.165) is 5.56 Å². The lowest BCUT2D eigenvalue weighted by atomic mass is 10.1. The maximum absolute atomic E-state index is 12.5. The minimum Gasteiger partial charge on any atom is -0.494 e. The predicted molar refractivity (Wildman–Crippen MR) is 104 cm³/mol. The molecular weight excluding hydrogens is 344 g/mol. The van der Waals surface area contributed by atoms with E-state index in [1.54, 1.807) is 41.7 Å². The van der Waals surface area contributed by atoms with Crippen LogP contribution in [0.3, 0.4) is 0 Å². The van der Waals surface area contributed by atoms with E-state index < -0.39 is 5.91 Å². The van der Waals surface area contributed by atoms with E-state index in [2.05, 4.69) is 0 Å². The lowest BCUT2D eigenvalue weighted by Crippen LogP contribution is -2.28. The van der Waals surface area contributed by atoms with Crippen molar-refractivity contribution in [3.8, 4) is 5.75 Å². The number of carbonyl (C=O) groups is 2. The topological polar surface area (TPSA) is 78.9 Å². The molecular formula is C21H24N2O4. The van der Waals surface area contributed by atoms with E-state index in [1.807, 2.05) is 43.3 Å². The third kappa shape index (κ3) is 5.97. The number of nitrogens with zero attached hydrogens (tertiary/aromatic N) is 1. The zero-order chi connectivity index (χ0) is 19.6. The lowest BCUT2D eigenvalue weighted by Gasteiger charge is -2.17. The normalized spacial score (nSPS) is 10.6. The van der Waals surface area contributed by atoms with Gasteiger partial charge >= 0.3 is 0 Å². The molecule has 0 spiro atoms. The molecule has 0 radical (unpaired) electrons. The molecule has 0 aromatic heterocycles. The Labute approximate surface area is 159 Å². The molecule has 6 nitrogen and oxygen atoms in total. The third-order valence-electron chi connectivity index (χ3n) is 3.96. The lowest BCUT2D eigenvalue weighted by molar-refractivity contribution is 0.0706. The fraction of sp³-hybridized carbons (Fsp3) is 0.238. The Bertz CT molecular complexity index is 800. The van der Waals surface area contributed by atoms with Crippen LogP contribution in [0, 0.1) is 0 Å². The Kier molecular flexibility index (Phi) is 7.58. The highest BCUT2D eigenvalue weighted by Gasteiger charge is 2.11. The number of benzene rings is 2. The number of ether oxygens (including phenoxy) is 1. The largest absolute Gasteiger partial charge is 0.494 e. The molecule has 27 heavy (non-hydrogen) atoms. The van der Waals surface area contributed by atoms with Gasteiger partial charge in [0.25, 0.3) is 11.8 Å². The first-order valence-corrected chi connectivity index (χ1v) is 8.70. The minimum absolute atomic E-state index is 0.0271. The number of amides is 2. The second kappa shape index (κ2) is 10.1. The van der Waals surface area contributed by atoms with Crippen molar-refractivity contribution in [1.82, 2.24) is 10.4 Å². The molecule has 2 aromatic rings. The van der Waals surface area contributed by atoms with Gasteiger partial charge in [0, 0.05) is 24.7 Å². The van der Waals surface area contributed by atoms with Gasteiger partial charge in [-0.1, -0.05) is 24.3 Å². The van der Waals surface area contributed by atoms with Crippen molar-refractivity contribution in [2.75, 3.05) is 20.2 Å². The molecule has 0 unspecified atom stereocenters. The number of nitrogens with one attached hydrogen (secondary N) is 1. The number of allylic oxidation sites excluding steroid dienone is 1. The van der Waals surface area contributed by atoms with Crippen molar-refractivity contribution < 1.29 is 19.5 Å². The maximum atomic E-state index is 12.5. The van der Waals surface area contributed by atoms with Crippen LogP contribution in [0.4, 0.5) is 0 Å².